The summed E-state index contributed by atoms with van der Waals surface area (Å²) in [6.45, 7) is 3.09. The lowest BCUT2D eigenvalue weighted by atomic mass is 9.78. The van der Waals surface area contributed by atoms with E-state index in [1.165, 1.54) is 55.2 Å². The highest BCUT2D eigenvalue weighted by Gasteiger charge is 2.37. The first-order valence-electron chi connectivity index (χ1n) is 8.84. The highest BCUT2D eigenvalue weighted by Crippen LogP contribution is 2.38. The number of carbonyl (C=O) groups excluding carboxylic acids is 1. The highest BCUT2D eigenvalue weighted by atomic mass is 16.2. The highest BCUT2D eigenvalue weighted by molar-refractivity contribution is 6.03. The number of carbonyl (C=O) groups is 1. The fraction of sp³-hybridized carbons (Fsp3) is 0.550. The Kier molecular flexibility index (Phi) is 3.56. The minimum absolute atomic E-state index is 0.324. The predicted molar refractivity (Wildman–Crippen MR) is 89.4 cm³/mol. The molecular formula is C20H25NO. The van der Waals surface area contributed by atoms with Crippen LogP contribution in [0.5, 0.6) is 0 Å². The van der Waals surface area contributed by atoms with Gasteiger partial charge < -0.3 is 4.90 Å². The molecule has 2 nitrogen and oxygen atoms in total. The average Bonchev–Trinajstić information content (AvgIpc) is 2.91. The molecule has 2 fully saturated rings. The molecule has 2 heteroatoms. The minimum atomic E-state index is 0.324. The predicted octanol–water partition coefficient (Wildman–Crippen LogP) is 4.20. The molecule has 1 aromatic rings. The van der Waals surface area contributed by atoms with Crippen LogP contribution in [0.25, 0.3) is 5.57 Å². The number of hydrogen-bond acceptors (Lipinski definition) is 1. The topological polar surface area (TPSA) is 20.3 Å². The number of nitrogens with zero attached hydrogens (tertiary/aromatic N) is 1. The van der Waals surface area contributed by atoms with Crippen LogP contribution >= 0.6 is 0 Å². The second-order valence-corrected chi connectivity index (χ2v) is 7.19. The van der Waals surface area contributed by atoms with Gasteiger partial charge in [0.1, 0.15) is 0 Å². The largest absolute Gasteiger partial charge is 0.336 e. The summed E-state index contributed by atoms with van der Waals surface area (Å²) in [5.41, 5.74) is 4.86. The Bertz CT molecular complexity index is 628. The zero-order chi connectivity index (χ0) is 15.1. The van der Waals surface area contributed by atoms with E-state index in [0.29, 0.717) is 11.9 Å². The number of rotatable bonds is 1. The van der Waals surface area contributed by atoms with Crippen molar-refractivity contribution in [3.8, 4) is 0 Å². The van der Waals surface area contributed by atoms with E-state index in [-0.39, 0.29) is 0 Å². The van der Waals surface area contributed by atoms with E-state index in [9.17, 15) is 4.79 Å². The van der Waals surface area contributed by atoms with Crippen LogP contribution in [0.15, 0.2) is 29.8 Å². The van der Waals surface area contributed by atoms with E-state index in [1.54, 1.807) is 0 Å². The van der Waals surface area contributed by atoms with Crippen LogP contribution in [-0.2, 0) is 11.2 Å². The Labute approximate surface area is 133 Å². The molecule has 2 atom stereocenters. The second-order valence-electron chi connectivity index (χ2n) is 7.19. The van der Waals surface area contributed by atoms with Gasteiger partial charge in [-0.3, -0.25) is 4.79 Å². The number of hydrogen-bond donors (Lipinski definition) is 0. The maximum absolute atomic E-state index is 13.2. The molecule has 1 saturated heterocycles. The minimum Gasteiger partial charge on any atom is -0.336 e. The van der Waals surface area contributed by atoms with Gasteiger partial charge >= 0.3 is 0 Å². The zero-order valence-corrected chi connectivity index (χ0v) is 13.5. The van der Waals surface area contributed by atoms with Gasteiger partial charge in [0, 0.05) is 24.6 Å². The molecular weight excluding hydrogens is 270 g/mol. The lowest BCUT2D eigenvalue weighted by molar-refractivity contribution is -0.133. The first-order chi connectivity index (χ1) is 10.8. The molecule has 22 heavy (non-hydrogen) atoms. The summed E-state index contributed by atoms with van der Waals surface area (Å²) in [6, 6.07) is 8.99. The van der Waals surface area contributed by atoms with E-state index >= 15 is 0 Å². The Hall–Kier alpha value is -1.57. The number of allylic oxidation sites excluding steroid dienone is 1. The number of benzene rings is 1. The SMILES string of the molecule is CC1=C(C(=O)N2CCC[C@@H]3CCCC[C@@H]32)Cc2ccccc21. The van der Waals surface area contributed by atoms with Crippen LogP contribution in [-0.4, -0.2) is 23.4 Å². The van der Waals surface area contributed by atoms with Crippen LogP contribution in [0.3, 0.4) is 0 Å². The van der Waals surface area contributed by atoms with Crippen molar-refractivity contribution in [1.82, 2.24) is 4.90 Å². The van der Waals surface area contributed by atoms with Crippen molar-refractivity contribution < 1.29 is 4.79 Å². The van der Waals surface area contributed by atoms with E-state index in [2.05, 4.69) is 36.1 Å². The molecule has 1 aliphatic heterocycles. The third kappa shape index (κ3) is 2.20. The Morgan fingerprint density at radius 2 is 1.86 bits per heavy atom. The lowest BCUT2D eigenvalue weighted by Gasteiger charge is -2.44. The quantitative estimate of drug-likeness (QED) is 0.760. The normalized spacial score (nSPS) is 27.6. The van der Waals surface area contributed by atoms with Gasteiger partial charge in [-0.1, -0.05) is 37.1 Å². The van der Waals surface area contributed by atoms with Gasteiger partial charge in [0.15, 0.2) is 0 Å². The molecule has 1 heterocycles. The van der Waals surface area contributed by atoms with E-state index < -0.39 is 0 Å². The van der Waals surface area contributed by atoms with Crippen LogP contribution in [0.1, 0.15) is 56.6 Å². The van der Waals surface area contributed by atoms with Gasteiger partial charge in [-0.2, -0.15) is 0 Å². The summed E-state index contributed by atoms with van der Waals surface area (Å²) in [5, 5.41) is 0. The molecule has 0 unspecified atom stereocenters. The average molecular weight is 295 g/mol. The summed E-state index contributed by atoms with van der Waals surface area (Å²) < 4.78 is 0. The number of fused-ring (bicyclic) bond motifs is 2. The van der Waals surface area contributed by atoms with E-state index in [1.807, 2.05) is 0 Å². The molecule has 0 bridgehead atoms. The molecule has 3 aliphatic rings. The van der Waals surface area contributed by atoms with Crippen LogP contribution in [0.4, 0.5) is 0 Å². The van der Waals surface area contributed by atoms with Gasteiger partial charge in [0.2, 0.25) is 0 Å². The summed E-state index contributed by atoms with van der Waals surface area (Å²) >= 11 is 0. The first kappa shape index (κ1) is 14.0. The van der Waals surface area contributed by atoms with E-state index in [0.717, 1.165) is 24.5 Å². The van der Waals surface area contributed by atoms with Gasteiger partial charge in [-0.15, -0.1) is 0 Å². The molecule has 0 radical (unpaired) electrons. The van der Waals surface area contributed by atoms with Gasteiger partial charge in [-0.05, 0) is 55.2 Å². The first-order valence-corrected chi connectivity index (χ1v) is 8.84. The maximum atomic E-state index is 13.2. The maximum Gasteiger partial charge on any atom is 0.250 e. The second kappa shape index (κ2) is 5.57. The fourth-order valence-electron chi connectivity index (χ4n) is 4.81. The molecule has 4 rings (SSSR count). The number of amides is 1. The Balaban J connectivity index is 1.61. The third-order valence-corrected chi connectivity index (χ3v) is 6.00. The standard InChI is InChI=1S/C20H25NO/c1-14-17-10-4-2-8-16(17)13-18(14)20(22)21-12-6-9-15-7-3-5-11-19(15)21/h2,4,8,10,15,19H,3,5-7,9,11-13H2,1H3/t15-,19-/m0/s1. The lowest BCUT2D eigenvalue weighted by Crippen LogP contribution is -2.50. The Morgan fingerprint density at radius 1 is 1.09 bits per heavy atom. The van der Waals surface area contributed by atoms with Crippen LogP contribution in [0.2, 0.25) is 0 Å². The molecule has 0 aromatic heterocycles. The van der Waals surface area contributed by atoms with Gasteiger partial charge in [0.25, 0.3) is 5.91 Å². The van der Waals surface area contributed by atoms with Crippen molar-refractivity contribution >= 4 is 11.5 Å². The molecule has 0 spiro atoms. The number of likely N-dealkylation sites (tertiary alicyclic amines) is 1. The van der Waals surface area contributed by atoms with Gasteiger partial charge in [-0.25, -0.2) is 0 Å². The monoisotopic (exact) mass is 295 g/mol. The Morgan fingerprint density at radius 3 is 2.73 bits per heavy atom. The fourth-order valence-corrected chi connectivity index (χ4v) is 4.81. The van der Waals surface area contributed by atoms with Crippen molar-refractivity contribution in [2.75, 3.05) is 6.54 Å². The molecule has 1 saturated carbocycles. The van der Waals surface area contributed by atoms with Crippen LogP contribution in [0, 0.1) is 5.92 Å². The number of piperidine rings is 1. The van der Waals surface area contributed by atoms with Crippen molar-refractivity contribution in [3.05, 3.63) is 41.0 Å². The molecule has 1 amide bonds. The van der Waals surface area contributed by atoms with Crippen molar-refractivity contribution in [2.24, 2.45) is 5.92 Å². The van der Waals surface area contributed by atoms with Crippen molar-refractivity contribution in [1.29, 1.82) is 0 Å². The summed E-state index contributed by atoms with van der Waals surface area (Å²) in [7, 11) is 0. The zero-order valence-electron chi connectivity index (χ0n) is 13.5. The molecule has 1 aromatic carbocycles. The van der Waals surface area contributed by atoms with Crippen LogP contribution < -0.4 is 0 Å². The third-order valence-electron chi connectivity index (χ3n) is 6.00. The summed E-state index contributed by atoms with van der Waals surface area (Å²) in [4.78, 5) is 15.4. The summed E-state index contributed by atoms with van der Waals surface area (Å²) in [6.07, 6.45) is 8.54. The van der Waals surface area contributed by atoms with Crippen molar-refractivity contribution in [2.45, 2.75) is 57.9 Å². The molecule has 116 valence electrons. The van der Waals surface area contributed by atoms with E-state index in [4.69, 9.17) is 0 Å². The smallest absolute Gasteiger partial charge is 0.250 e. The van der Waals surface area contributed by atoms with Gasteiger partial charge in [0.05, 0.1) is 0 Å². The summed E-state index contributed by atoms with van der Waals surface area (Å²) in [5.74, 6) is 1.08. The molecule has 0 N–H and O–H groups in total. The molecule has 2 aliphatic carbocycles. The van der Waals surface area contributed by atoms with Crippen molar-refractivity contribution in [3.63, 3.8) is 0 Å².